The van der Waals surface area contributed by atoms with Gasteiger partial charge in [0.25, 0.3) is 11.8 Å². The van der Waals surface area contributed by atoms with Gasteiger partial charge in [-0.15, -0.1) is 5.10 Å². The fraction of sp³-hybridized carbons (Fsp3) is 0.200. The number of nitrogens with one attached hydrogen (secondary N) is 1. The molecule has 0 atom stereocenters. The number of amides is 1. The molecular formula is C15H14ClN5O2. The van der Waals surface area contributed by atoms with Gasteiger partial charge in [-0.1, -0.05) is 28.8 Å². The molecule has 1 amide bonds. The van der Waals surface area contributed by atoms with E-state index in [0.29, 0.717) is 10.6 Å². The minimum absolute atomic E-state index is 0.0102. The molecule has 1 N–H and O–H groups in total. The van der Waals surface area contributed by atoms with Crippen molar-refractivity contribution in [3.63, 3.8) is 0 Å². The predicted octanol–water partition coefficient (Wildman–Crippen LogP) is 3.42. The lowest BCUT2D eigenvalue weighted by molar-refractivity contribution is 0.101. The van der Waals surface area contributed by atoms with Crippen LogP contribution in [0.4, 0.5) is 6.01 Å². The van der Waals surface area contributed by atoms with Crippen LogP contribution in [0.3, 0.4) is 0 Å². The molecule has 0 fully saturated rings. The quantitative estimate of drug-likeness (QED) is 0.791. The predicted molar refractivity (Wildman–Crippen MR) is 85.3 cm³/mol. The van der Waals surface area contributed by atoms with Crippen molar-refractivity contribution < 1.29 is 9.21 Å². The number of benzene rings is 1. The van der Waals surface area contributed by atoms with Gasteiger partial charge in [0.2, 0.25) is 0 Å². The van der Waals surface area contributed by atoms with Crippen molar-refractivity contribution in [2.24, 2.45) is 0 Å². The smallest absolute Gasteiger partial charge is 0.322 e. The van der Waals surface area contributed by atoms with E-state index >= 15 is 0 Å². The molecular weight excluding hydrogens is 318 g/mol. The molecule has 1 aromatic carbocycles. The summed E-state index contributed by atoms with van der Waals surface area (Å²) >= 11 is 6.07. The Labute approximate surface area is 137 Å². The van der Waals surface area contributed by atoms with Crippen LogP contribution in [-0.2, 0) is 0 Å². The van der Waals surface area contributed by atoms with Gasteiger partial charge in [0.05, 0.1) is 10.6 Å². The Morgan fingerprint density at radius 2 is 2.04 bits per heavy atom. The number of hydrogen-bond donors (Lipinski definition) is 1. The molecule has 0 saturated heterocycles. The molecule has 0 unspecified atom stereocenters. The van der Waals surface area contributed by atoms with Crippen LogP contribution in [-0.4, -0.2) is 25.9 Å². The first kappa shape index (κ1) is 15.2. The Kier molecular flexibility index (Phi) is 4.12. The highest BCUT2D eigenvalue weighted by atomic mass is 35.5. The molecule has 0 aliphatic rings. The summed E-state index contributed by atoms with van der Waals surface area (Å²) in [5.41, 5.74) is 0.877. The summed E-state index contributed by atoms with van der Waals surface area (Å²) in [4.78, 5) is 12.1. The van der Waals surface area contributed by atoms with Gasteiger partial charge in [0.1, 0.15) is 0 Å². The highest BCUT2D eigenvalue weighted by molar-refractivity contribution is 6.33. The van der Waals surface area contributed by atoms with E-state index in [2.05, 4.69) is 20.6 Å². The molecule has 0 spiro atoms. The van der Waals surface area contributed by atoms with Gasteiger partial charge in [-0.25, -0.2) is 0 Å². The first-order chi connectivity index (χ1) is 11.0. The molecule has 8 heteroatoms. The molecule has 2 aromatic heterocycles. The van der Waals surface area contributed by atoms with E-state index in [1.165, 1.54) is 0 Å². The van der Waals surface area contributed by atoms with Crippen LogP contribution in [0, 0.1) is 0 Å². The number of nitrogens with zero attached hydrogens (tertiary/aromatic N) is 4. The summed E-state index contributed by atoms with van der Waals surface area (Å²) in [5, 5.41) is 14.9. The Hall–Kier alpha value is -2.67. The van der Waals surface area contributed by atoms with Crippen LogP contribution < -0.4 is 5.32 Å². The molecule has 3 rings (SSSR count). The van der Waals surface area contributed by atoms with Gasteiger partial charge in [0.15, 0.2) is 5.69 Å². The number of carbonyl (C=O) groups excluding carboxylic acids is 1. The lowest BCUT2D eigenvalue weighted by atomic mass is 10.2. The van der Waals surface area contributed by atoms with Crippen LogP contribution in [0.5, 0.6) is 0 Å². The van der Waals surface area contributed by atoms with Crippen molar-refractivity contribution in [3.8, 4) is 11.5 Å². The average Bonchev–Trinajstić information content (AvgIpc) is 3.16. The molecule has 2 heterocycles. The van der Waals surface area contributed by atoms with Crippen LogP contribution in [0.15, 0.2) is 40.9 Å². The third kappa shape index (κ3) is 3.24. The molecule has 0 aliphatic heterocycles. The standard InChI is InChI=1S/C15H14ClN5O2/c1-9(2)21-8-7-12(20-21)13(22)17-15-19-18-14(23-15)10-5-3-4-6-11(10)16/h3-9H,1-2H3,(H,17,19,22). The van der Waals surface area contributed by atoms with Crippen molar-refractivity contribution in [2.75, 3.05) is 5.32 Å². The topological polar surface area (TPSA) is 85.8 Å². The lowest BCUT2D eigenvalue weighted by Gasteiger charge is -2.03. The second kappa shape index (κ2) is 6.21. The van der Waals surface area contributed by atoms with Crippen LogP contribution in [0.2, 0.25) is 5.02 Å². The SMILES string of the molecule is CC(C)n1ccc(C(=O)Nc2nnc(-c3ccccc3Cl)o2)n1. The van der Waals surface area contributed by atoms with E-state index in [0.717, 1.165) is 0 Å². The zero-order chi connectivity index (χ0) is 16.4. The van der Waals surface area contributed by atoms with Crippen LogP contribution >= 0.6 is 11.6 Å². The number of rotatable bonds is 4. The van der Waals surface area contributed by atoms with E-state index in [1.807, 2.05) is 19.9 Å². The zero-order valence-electron chi connectivity index (χ0n) is 12.5. The highest BCUT2D eigenvalue weighted by Crippen LogP contribution is 2.27. The van der Waals surface area contributed by atoms with Gasteiger partial charge in [-0.05, 0) is 32.0 Å². The van der Waals surface area contributed by atoms with E-state index in [-0.39, 0.29) is 23.6 Å². The normalized spacial score (nSPS) is 11.0. The summed E-state index contributed by atoms with van der Waals surface area (Å²) in [5.74, 6) is -0.183. The maximum Gasteiger partial charge on any atom is 0.322 e. The molecule has 3 aromatic rings. The van der Waals surface area contributed by atoms with Gasteiger partial charge in [-0.3, -0.25) is 14.8 Å². The summed E-state index contributed by atoms with van der Waals surface area (Å²) in [7, 11) is 0. The largest absolute Gasteiger partial charge is 0.403 e. The summed E-state index contributed by atoms with van der Waals surface area (Å²) in [6.07, 6.45) is 1.74. The fourth-order valence-electron chi connectivity index (χ4n) is 1.93. The third-order valence-electron chi connectivity index (χ3n) is 3.12. The molecule has 0 aliphatic carbocycles. The maximum absolute atomic E-state index is 12.1. The van der Waals surface area contributed by atoms with Crippen molar-refractivity contribution >= 4 is 23.5 Å². The van der Waals surface area contributed by atoms with E-state index in [9.17, 15) is 4.79 Å². The lowest BCUT2D eigenvalue weighted by Crippen LogP contribution is -2.14. The zero-order valence-corrected chi connectivity index (χ0v) is 13.3. The number of hydrogen-bond acceptors (Lipinski definition) is 5. The second-order valence-electron chi connectivity index (χ2n) is 5.12. The Balaban J connectivity index is 1.76. The number of anilines is 1. The van der Waals surface area contributed by atoms with Crippen molar-refractivity contribution in [3.05, 3.63) is 47.2 Å². The molecule has 0 saturated carbocycles. The van der Waals surface area contributed by atoms with Gasteiger partial charge < -0.3 is 4.42 Å². The Morgan fingerprint density at radius 3 is 2.74 bits per heavy atom. The molecule has 23 heavy (non-hydrogen) atoms. The molecule has 7 nitrogen and oxygen atoms in total. The van der Waals surface area contributed by atoms with Crippen LogP contribution in [0.1, 0.15) is 30.4 Å². The van der Waals surface area contributed by atoms with E-state index in [1.54, 1.807) is 35.1 Å². The van der Waals surface area contributed by atoms with Crippen molar-refractivity contribution in [1.29, 1.82) is 0 Å². The monoisotopic (exact) mass is 331 g/mol. The first-order valence-corrected chi connectivity index (χ1v) is 7.37. The minimum atomic E-state index is -0.418. The average molecular weight is 332 g/mol. The maximum atomic E-state index is 12.1. The number of halogens is 1. The second-order valence-corrected chi connectivity index (χ2v) is 5.53. The molecule has 0 bridgehead atoms. The highest BCUT2D eigenvalue weighted by Gasteiger charge is 2.16. The summed E-state index contributed by atoms with van der Waals surface area (Å²) in [6, 6.07) is 8.87. The number of aromatic nitrogens is 4. The third-order valence-corrected chi connectivity index (χ3v) is 3.45. The molecule has 0 radical (unpaired) electrons. The fourth-order valence-corrected chi connectivity index (χ4v) is 2.14. The van der Waals surface area contributed by atoms with Gasteiger partial charge in [-0.2, -0.15) is 5.10 Å². The van der Waals surface area contributed by atoms with Crippen molar-refractivity contribution in [1.82, 2.24) is 20.0 Å². The van der Waals surface area contributed by atoms with Gasteiger partial charge in [0, 0.05) is 12.2 Å². The minimum Gasteiger partial charge on any atom is -0.403 e. The van der Waals surface area contributed by atoms with Crippen LogP contribution in [0.25, 0.3) is 11.5 Å². The van der Waals surface area contributed by atoms with E-state index < -0.39 is 5.91 Å². The molecule has 118 valence electrons. The number of carbonyl (C=O) groups is 1. The van der Waals surface area contributed by atoms with Gasteiger partial charge >= 0.3 is 6.01 Å². The van der Waals surface area contributed by atoms with Crippen molar-refractivity contribution in [2.45, 2.75) is 19.9 Å². The van der Waals surface area contributed by atoms with E-state index in [4.69, 9.17) is 16.0 Å². The summed E-state index contributed by atoms with van der Waals surface area (Å²) < 4.78 is 7.12. The summed E-state index contributed by atoms with van der Waals surface area (Å²) in [6.45, 7) is 3.95. The first-order valence-electron chi connectivity index (χ1n) is 6.99. The Bertz CT molecular complexity index is 840. The Morgan fingerprint density at radius 1 is 1.26 bits per heavy atom.